The Labute approximate surface area is 141 Å². The normalized spacial score (nSPS) is 23.3. The lowest BCUT2D eigenvalue weighted by molar-refractivity contribution is 0.0594. The van der Waals surface area contributed by atoms with Crippen molar-refractivity contribution in [3.63, 3.8) is 0 Å². The lowest BCUT2D eigenvalue weighted by atomic mass is 10.2. The maximum absolute atomic E-state index is 12.8. The molecule has 2 fully saturated rings. The van der Waals surface area contributed by atoms with Gasteiger partial charge in [-0.3, -0.25) is 4.90 Å². The number of esters is 1. The van der Waals surface area contributed by atoms with Gasteiger partial charge in [0.25, 0.3) is 0 Å². The van der Waals surface area contributed by atoms with Gasteiger partial charge in [-0.25, -0.2) is 18.2 Å². The fraction of sp³-hybridized carbons (Fsp3) is 0.600. The number of methoxy groups -OCH3 is 1. The predicted octanol–water partition coefficient (Wildman–Crippen LogP) is -0.464. The SMILES string of the molecule is COC(=O)c1ccc(S(=O)(=O)N2CCC(N3CCNCC3)C2)cn1. The molecule has 0 bridgehead atoms. The highest BCUT2D eigenvalue weighted by Gasteiger charge is 2.35. The summed E-state index contributed by atoms with van der Waals surface area (Å²) in [4.78, 5) is 17.7. The molecule has 0 amide bonds. The van der Waals surface area contributed by atoms with Gasteiger partial charge in [-0.2, -0.15) is 4.31 Å². The van der Waals surface area contributed by atoms with E-state index in [1.165, 1.54) is 29.7 Å². The molecule has 2 aliphatic heterocycles. The smallest absolute Gasteiger partial charge is 0.356 e. The number of hydrogen-bond acceptors (Lipinski definition) is 7. The van der Waals surface area contributed by atoms with E-state index in [4.69, 9.17) is 0 Å². The number of pyridine rings is 1. The maximum Gasteiger partial charge on any atom is 0.356 e. The van der Waals surface area contributed by atoms with E-state index in [0.29, 0.717) is 13.1 Å². The fourth-order valence-corrected chi connectivity index (χ4v) is 4.62. The van der Waals surface area contributed by atoms with E-state index in [1.54, 1.807) is 0 Å². The zero-order chi connectivity index (χ0) is 17.2. The van der Waals surface area contributed by atoms with Crippen molar-refractivity contribution in [2.45, 2.75) is 17.4 Å². The number of rotatable bonds is 4. The lowest BCUT2D eigenvalue weighted by Crippen LogP contribution is -2.49. The number of carbonyl (C=O) groups is 1. The Morgan fingerprint density at radius 3 is 2.67 bits per heavy atom. The third kappa shape index (κ3) is 3.44. The van der Waals surface area contributed by atoms with Crippen LogP contribution in [0.15, 0.2) is 23.2 Å². The molecule has 132 valence electrons. The number of carbonyl (C=O) groups excluding carboxylic acids is 1. The van der Waals surface area contributed by atoms with Gasteiger partial charge < -0.3 is 10.1 Å². The second-order valence-electron chi connectivity index (χ2n) is 5.96. The Kier molecular flexibility index (Phi) is 5.14. The van der Waals surface area contributed by atoms with Crippen LogP contribution in [0.5, 0.6) is 0 Å². The summed E-state index contributed by atoms with van der Waals surface area (Å²) in [6, 6.07) is 3.05. The van der Waals surface area contributed by atoms with E-state index < -0.39 is 16.0 Å². The molecule has 0 radical (unpaired) electrons. The molecule has 3 heterocycles. The van der Waals surface area contributed by atoms with Crippen LogP contribution in [0.3, 0.4) is 0 Å². The molecular formula is C15H22N4O4S. The van der Waals surface area contributed by atoms with Gasteiger partial charge in [0.15, 0.2) is 0 Å². The van der Waals surface area contributed by atoms with Crippen LogP contribution in [0.1, 0.15) is 16.9 Å². The zero-order valence-electron chi connectivity index (χ0n) is 13.6. The standard InChI is InChI=1S/C15H22N4O4S/c1-23-15(20)14-3-2-13(10-17-14)24(21,22)19-7-4-12(11-19)18-8-5-16-6-9-18/h2-3,10,12,16H,4-9,11H2,1H3. The first-order valence-corrected chi connectivity index (χ1v) is 9.45. The number of aromatic nitrogens is 1. The first-order valence-electron chi connectivity index (χ1n) is 8.01. The highest BCUT2D eigenvalue weighted by Crippen LogP contribution is 2.23. The molecule has 0 aliphatic carbocycles. The van der Waals surface area contributed by atoms with Crippen molar-refractivity contribution in [3.8, 4) is 0 Å². The van der Waals surface area contributed by atoms with E-state index in [0.717, 1.165) is 32.6 Å². The van der Waals surface area contributed by atoms with Crippen molar-refractivity contribution in [3.05, 3.63) is 24.0 Å². The van der Waals surface area contributed by atoms with Gasteiger partial charge >= 0.3 is 5.97 Å². The molecule has 1 unspecified atom stereocenters. The third-order valence-electron chi connectivity index (χ3n) is 4.56. The summed E-state index contributed by atoms with van der Waals surface area (Å²) in [5.74, 6) is -0.584. The highest BCUT2D eigenvalue weighted by atomic mass is 32.2. The molecule has 9 heteroatoms. The monoisotopic (exact) mass is 354 g/mol. The van der Waals surface area contributed by atoms with Crippen LogP contribution in [0, 0.1) is 0 Å². The second-order valence-corrected chi connectivity index (χ2v) is 7.90. The Morgan fingerprint density at radius 1 is 1.29 bits per heavy atom. The first kappa shape index (κ1) is 17.3. The molecule has 1 aromatic heterocycles. The van der Waals surface area contributed by atoms with Crippen LogP contribution in [0.25, 0.3) is 0 Å². The summed E-state index contributed by atoms with van der Waals surface area (Å²) in [6.07, 6.45) is 2.06. The third-order valence-corrected chi connectivity index (χ3v) is 6.41. The van der Waals surface area contributed by atoms with E-state index in [1.807, 2.05) is 0 Å². The van der Waals surface area contributed by atoms with Crippen LogP contribution < -0.4 is 5.32 Å². The van der Waals surface area contributed by atoms with Gasteiger partial charge in [-0.05, 0) is 18.6 Å². The molecule has 2 saturated heterocycles. The minimum Gasteiger partial charge on any atom is -0.464 e. The number of ether oxygens (including phenoxy) is 1. The highest BCUT2D eigenvalue weighted by molar-refractivity contribution is 7.89. The van der Waals surface area contributed by atoms with Crippen LogP contribution in [0.2, 0.25) is 0 Å². The van der Waals surface area contributed by atoms with Gasteiger partial charge in [0.2, 0.25) is 10.0 Å². The van der Waals surface area contributed by atoms with Gasteiger partial charge in [0.05, 0.1) is 7.11 Å². The number of hydrogen-bond donors (Lipinski definition) is 1. The van der Waals surface area contributed by atoms with Crippen LogP contribution in [0.4, 0.5) is 0 Å². The van der Waals surface area contributed by atoms with E-state index in [2.05, 4.69) is 19.9 Å². The molecule has 1 atom stereocenters. The predicted molar refractivity (Wildman–Crippen MR) is 87.2 cm³/mol. The largest absolute Gasteiger partial charge is 0.464 e. The number of sulfonamides is 1. The fourth-order valence-electron chi connectivity index (χ4n) is 3.18. The van der Waals surface area contributed by atoms with Crippen molar-refractivity contribution in [2.24, 2.45) is 0 Å². The van der Waals surface area contributed by atoms with Crippen LogP contribution in [-0.2, 0) is 14.8 Å². The molecule has 24 heavy (non-hydrogen) atoms. The molecular weight excluding hydrogens is 332 g/mol. The van der Waals surface area contributed by atoms with Crippen molar-refractivity contribution in [2.75, 3.05) is 46.4 Å². The molecule has 0 saturated carbocycles. The van der Waals surface area contributed by atoms with E-state index in [9.17, 15) is 13.2 Å². The molecule has 0 aromatic carbocycles. The van der Waals surface area contributed by atoms with Crippen molar-refractivity contribution in [1.82, 2.24) is 19.5 Å². The maximum atomic E-state index is 12.8. The summed E-state index contributed by atoms with van der Waals surface area (Å²) in [6.45, 7) is 4.81. The average Bonchev–Trinajstić information content (AvgIpc) is 3.13. The summed E-state index contributed by atoms with van der Waals surface area (Å²) in [7, 11) is -2.32. The Bertz CT molecular complexity index is 686. The van der Waals surface area contributed by atoms with E-state index in [-0.39, 0.29) is 16.6 Å². The van der Waals surface area contributed by atoms with E-state index >= 15 is 0 Å². The summed E-state index contributed by atoms with van der Waals surface area (Å²) in [5.41, 5.74) is 0.0940. The van der Waals surface area contributed by atoms with Crippen LogP contribution >= 0.6 is 0 Å². The van der Waals surface area contributed by atoms with Gasteiger partial charge in [-0.1, -0.05) is 0 Å². The molecule has 8 nitrogen and oxygen atoms in total. The molecule has 0 spiro atoms. The van der Waals surface area contributed by atoms with Crippen molar-refractivity contribution < 1.29 is 17.9 Å². The number of piperazine rings is 1. The molecule has 1 aromatic rings. The summed E-state index contributed by atoms with van der Waals surface area (Å²) < 4.78 is 31.6. The van der Waals surface area contributed by atoms with Gasteiger partial charge in [0.1, 0.15) is 10.6 Å². The molecule has 2 aliphatic rings. The first-order chi connectivity index (χ1) is 11.5. The van der Waals surface area contributed by atoms with Gasteiger partial charge in [0, 0.05) is 51.5 Å². The van der Waals surface area contributed by atoms with Crippen molar-refractivity contribution >= 4 is 16.0 Å². The van der Waals surface area contributed by atoms with Crippen LogP contribution in [-0.4, -0.2) is 81.0 Å². The Balaban J connectivity index is 1.70. The summed E-state index contributed by atoms with van der Waals surface area (Å²) >= 11 is 0. The second kappa shape index (κ2) is 7.14. The Morgan fingerprint density at radius 2 is 2.04 bits per heavy atom. The Hall–Kier alpha value is -1.55. The molecule has 3 rings (SSSR count). The lowest BCUT2D eigenvalue weighted by Gasteiger charge is -2.32. The zero-order valence-corrected chi connectivity index (χ0v) is 14.5. The minimum atomic E-state index is -3.58. The average molecular weight is 354 g/mol. The summed E-state index contributed by atoms with van der Waals surface area (Å²) in [5, 5.41) is 3.31. The van der Waals surface area contributed by atoms with Crippen molar-refractivity contribution in [1.29, 1.82) is 0 Å². The van der Waals surface area contributed by atoms with Gasteiger partial charge in [-0.15, -0.1) is 0 Å². The minimum absolute atomic E-state index is 0.0940. The quantitative estimate of drug-likeness (QED) is 0.731. The number of nitrogens with one attached hydrogen (secondary N) is 1. The molecule has 1 N–H and O–H groups in total. The topological polar surface area (TPSA) is 91.8 Å². The number of nitrogens with zero attached hydrogens (tertiary/aromatic N) is 3.